The van der Waals surface area contributed by atoms with Crippen molar-refractivity contribution in [2.75, 3.05) is 6.54 Å². The van der Waals surface area contributed by atoms with Crippen LogP contribution in [-0.2, 0) is 6.42 Å². The highest BCUT2D eigenvalue weighted by Gasteiger charge is 2.08. The Balaban J connectivity index is 1.85. The molecule has 0 saturated carbocycles. The van der Waals surface area contributed by atoms with Crippen molar-refractivity contribution >= 4 is 11.6 Å². The minimum atomic E-state index is 0.201. The molecule has 0 aliphatic heterocycles. The fourth-order valence-electron chi connectivity index (χ4n) is 1.64. The number of benzene rings is 1. The van der Waals surface area contributed by atoms with Crippen molar-refractivity contribution in [1.82, 2.24) is 15.5 Å². The van der Waals surface area contributed by atoms with Crippen molar-refractivity contribution < 1.29 is 4.52 Å². The Kier molecular flexibility index (Phi) is 4.12. The van der Waals surface area contributed by atoms with Crippen LogP contribution >= 0.6 is 11.6 Å². The molecule has 0 fully saturated rings. The maximum atomic E-state index is 6.12. The van der Waals surface area contributed by atoms with Gasteiger partial charge in [0.05, 0.1) is 0 Å². The lowest BCUT2D eigenvalue weighted by Crippen LogP contribution is -2.21. The van der Waals surface area contributed by atoms with Gasteiger partial charge in [0.15, 0.2) is 6.33 Å². The summed E-state index contributed by atoms with van der Waals surface area (Å²) in [4.78, 5) is 3.96. The third-order valence-electron chi connectivity index (χ3n) is 2.57. The molecule has 1 unspecified atom stereocenters. The maximum Gasteiger partial charge on any atom is 0.227 e. The zero-order chi connectivity index (χ0) is 12.1. The first-order valence-corrected chi connectivity index (χ1v) is 5.88. The van der Waals surface area contributed by atoms with E-state index < -0.39 is 0 Å². The largest absolute Gasteiger partial charge is 0.340 e. The summed E-state index contributed by atoms with van der Waals surface area (Å²) in [7, 11) is 0. The summed E-state index contributed by atoms with van der Waals surface area (Å²) in [6.07, 6.45) is 2.13. The third-order valence-corrected chi connectivity index (χ3v) is 2.91. The molecule has 90 valence electrons. The topological polar surface area (TPSA) is 51.0 Å². The van der Waals surface area contributed by atoms with E-state index in [1.165, 1.54) is 6.33 Å². The number of aromatic nitrogens is 2. The lowest BCUT2D eigenvalue weighted by atomic mass is 10.1. The Morgan fingerprint density at radius 1 is 1.41 bits per heavy atom. The Hall–Kier alpha value is -1.39. The van der Waals surface area contributed by atoms with Gasteiger partial charge >= 0.3 is 0 Å². The first-order chi connectivity index (χ1) is 8.27. The maximum absolute atomic E-state index is 6.12. The molecule has 0 bridgehead atoms. The highest BCUT2D eigenvalue weighted by Crippen LogP contribution is 2.21. The van der Waals surface area contributed by atoms with Crippen LogP contribution in [0.15, 0.2) is 35.1 Å². The van der Waals surface area contributed by atoms with Crippen LogP contribution in [0, 0.1) is 0 Å². The summed E-state index contributed by atoms with van der Waals surface area (Å²) in [5.74, 6) is 0.642. The minimum Gasteiger partial charge on any atom is -0.340 e. The second kappa shape index (κ2) is 5.80. The van der Waals surface area contributed by atoms with Gasteiger partial charge in [-0.05, 0) is 18.6 Å². The Labute approximate surface area is 105 Å². The van der Waals surface area contributed by atoms with Gasteiger partial charge in [-0.3, -0.25) is 0 Å². The molecule has 17 heavy (non-hydrogen) atoms. The summed E-state index contributed by atoms with van der Waals surface area (Å²) in [6.45, 7) is 2.85. The minimum absolute atomic E-state index is 0.201. The van der Waals surface area contributed by atoms with Gasteiger partial charge in [0, 0.05) is 24.0 Å². The molecule has 0 aliphatic rings. The van der Waals surface area contributed by atoms with Crippen LogP contribution in [0.3, 0.4) is 0 Å². The van der Waals surface area contributed by atoms with Crippen molar-refractivity contribution in [3.63, 3.8) is 0 Å². The summed E-state index contributed by atoms with van der Waals surface area (Å²) in [6, 6.07) is 8.03. The van der Waals surface area contributed by atoms with Gasteiger partial charge in [0.25, 0.3) is 0 Å². The first-order valence-electron chi connectivity index (χ1n) is 5.50. The first kappa shape index (κ1) is 12.1. The van der Waals surface area contributed by atoms with Gasteiger partial charge in [-0.2, -0.15) is 4.98 Å². The predicted molar refractivity (Wildman–Crippen MR) is 65.9 cm³/mol. The van der Waals surface area contributed by atoms with Crippen LogP contribution in [0.25, 0.3) is 0 Å². The van der Waals surface area contributed by atoms with Crippen molar-refractivity contribution in [2.24, 2.45) is 0 Å². The van der Waals surface area contributed by atoms with Crippen molar-refractivity contribution in [3.05, 3.63) is 47.1 Å². The van der Waals surface area contributed by atoms with Gasteiger partial charge in [-0.1, -0.05) is 35.0 Å². The number of halogens is 1. The summed E-state index contributed by atoms with van der Waals surface area (Å²) in [5, 5.41) is 7.71. The van der Waals surface area contributed by atoms with E-state index in [2.05, 4.69) is 22.4 Å². The van der Waals surface area contributed by atoms with E-state index in [4.69, 9.17) is 16.1 Å². The molecule has 0 amide bonds. The molecule has 1 aromatic carbocycles. The number of nitrogens with one attached hydrogen (secondary N) is 1. The quantitative estimate of drug-likeness (QED) is 0.888. The lowest BCUT2D eigenvalue weighted by molar-refractivity contribution is 0.372. The van der Waals surface area contributed by atoms with E-state index in [9.17, 15) is 0 Å². The molecule has 0 aliphatic carbocycles. The zero-order valence-electron chi connectivity index (χ0n) is 9.56. The number of hydrogen-bond acceptors (Lipinski definition) is 4. The van der Waals surface area contributed by atoms with Gasteiger partial charge in [-0.25, -0.2) is 0 Å². The normalized spacial score (nSPS) is 12.6. The summed E-state index contributed by atoms with van der Waals surface area (Å²) < 4.78 is 4.92. The highest BCUT2D eigenvalue weighted by atomic mass is 35.5. The molecule has 1 atom stereocenters. The number of hydrogen-bond donors (Lipinski definition) is 1. The van der Waals surface area contributed by atoms with Gasteiger partial charge in [-0.15, -0.1) is 0 Å². The predicted octanol–water partition coefficient (Wildman–Crippen LogP) is 2.62. The fourth-order valence-corrected chi connectivity index (χ4v) is 1.94. The van der Waals surface area contributed by atoms with Crippen molar-refractivity contribution in [2.45, 2.75) is 19.4 Å². The second-order valence-corrected chi connectivity index (χ2v) is 4.19. The van der Waals surface area contributed by atoms with E-state index in [1.807, 2.05) is 24.3 Å². The highest BCUT2D eigenvalue weighted by molar-refractivity contribution is 6.31. The average Bonchev–Trinajstić information content (AvgIpc) is 2.82. The molecular formula is C12H14ClN3O. The molecule has 1 N–H and O–H groups in total. The zero-order valence-corrected chi connectivity index (χ0v) is 10.3. The molecule has 0 spiro atoms. The van der Waals surface area contributed by atoms with Gasteiger partial charge < -0.3 is 9.84 Å². The lowest BCUT2D eigenvalue weighted by Gasteiger charge is -2.14. The van der Waals surface area contributed by atoms with E-state index >= 15 is 0 Å². The standard InChI is InChI=1S/C12H14ClN3O/c1-9(10-4-2-3-5-11(10)13)14-7-6-12-15-8-16-17-12/h2-5,8-9,14H,6-7H2,1H3. The summed E-state index contributed by atoms with van der Waals surface area (Å²) >= 11 is 6.12. The third kappa shape index (κ3) is 3.28. The van der Waals surface area contributed by atoms with Crippen LogP contribution < -0.4 is 5.32 Å². The molecule has 2 aromatic rings. The Morgan fingerprint density at radius 2 is 2.24 bits per heavy atom. The Morgan fingerprint density at radius 3 is 2.94 bits per heavy atom. The molecule has 4 nitrogen and oxygen atoms in total. The second-order valence-electron chi connectivity index (χ2n) is 3.78. The van der Waals surface area contributed by atoms with E-state index in [0.717, 1.165) is 23.6 Å². The fraction of sp³-hybridized carbons (Fsp3) is 0.333. The van der Waals surface area contributed by atoms with Crippen molar-refractivity contribution in [1.29, 1.82) is 0 Å². The van der Waals surface area contributed by atoms with Gasteiger partial charge in [0.1, 0.15) is 0 Å². The van der Waals surface area contributed by atoms with Crippen LogP contribution in [0.2, 0.25) is 5.02 Å². The SMILES string of the molecule is CC(NCCc1ncno1)c1ccccc1Cl. The molecule has 0 radical (unpaired) electrons. The molecule has 2 rings (SSSR count). The smallest absolute Gasteiger partial charge is 0.227 e. The van der Waals surface area contributed by atoms with Crippen molar-refractivity contribution in [3.8, 4) is 0 Å². The average molecular weight is 252 g/mol. The van der Waals surface area contributed by atoms with Crippen LogP contribution in [0.1, 0.15) is 24.4 Å². The summed E-state index contributed by atoms with van der Waals surface area (Å²) in [5.41, 5.74) is 1.10. The van der Waals surface area contributed by atoms with Gasteiger partial charge in [0.2, 0.25) is 5.89 Å². The molecule has 0 saturated heterocycles. The Bertz CT molecular complexity index is 459. The number of nitrogens with zero attached hydrogens (tertiary/aromatic N) is 2. The number of rotatable bonds is 5. The van der Waals surface area contributed by atoms with E-state index in [-0.39, 0.29) is 6.04 Å². The van der Waals surface area contributed by atoms with Crippen LogP contribution in [0.5, 0.6) is 0 Å². The molecule has 5 heteroatoms. The van der Waals surface area contributed by atoms with E-state index in [1.54, 1.807) is 0 Å². The van der Waals surface area contributed by atoms with Crippen LogP contribution in [0.4, 0.5) is 0 Å². The molecule has 1 heterocycles. The van der Waals surface area contributed by atoms with Crippen LogP contribution in [-0.4, -0.2) is 16.7 Å². The molecular weight excluding hydrogens is 238 g/mol. The molecule has 1 aromatic heterocycles. The monoisotopic (exact) mass is 251 g/mol. The van der Waals surface area contributed by atoms with E-state index in [0.29, 0.717) is 5.89 Å².